The molecule has 6 heteroatoms. The Kier molecular flexibility index (Phi) is 6.35. The molecule has 0 aromatic heterocycles. The van der Waals surface area contributed by atoms with Crippen LogP contribution in [0.1, 0.15) is 49.4 Å². The molecule has 1 aromatic carbocycles. The molecule has 0 saturated carbocycles. The van der Waals surface area contributed by atoms with Gasteiger partial charge in [-0.3, -0.25) is 14.4 Å². The summed E-state index contributed by atoms with van der Waals surface area (Å²) in [6.45, 7) is 2.98. The van der Waals surface area contributed by atoms with Gasteiger partial charge in [0.1, 0.15) is 0 Å². The average Bonchev–Trinajstić information content (AvgIpc) is 2.97. The molecule has 0 bridgehead atoms. The third kappa shape index (κ3) is 4.57. The van der Waals surface area contributed by atoms with Gasteiger partial charge in [-0.2, -0.15) is 0 Å². The molecule has 130 valence electrons. The van der Waals surface area contributed by atoms with Gasteiger partial charge in [-0.05, 0) is 30.7 Å². The number of rotatable bonds is 8. The van der Waals surface area contributed by atoms with E-state index in [1.165, 1.54) is 11.3 Å². The van der Waals surface area contributed by atoms with Crippen molar-refractivity contribution in [1.82, 2.24) is 5.32 Å². The Morgan fingerprint density at radius 1 is 1.21 bits per heavy atom. The maximum Gasteiger partial charge on any atom is 0.308 e. The third-order valence-corrected chi connectivity index (χ3v) is 4.23. The predicted molar refractivity (Wildman–Crippen MR) is 91.0 cm³/mol. The van der Waals surface area contributed by atoms with Gasteiger partial charge in [0, 0.05) is 30.8 Å². The van der Waals surface area contributed by atoms with Crippen LogP contribution < -0.4 is 10.2 Å². The minimum absolute atomic E-state index is 0.0231. The number of carbonyl (C=O) groups excluding carboxylic acids is 2. The van der Waals surface area contributed by atoms with Gasteiger partial charge in [0.15, 0.2) is 0 Å². The predicted octanol–water partition coefficient (Wildman–Crippen LogP) is 2.43. The molecule has 1 aliphatic rings. The standard InChI is InChI=1S/C18H24N2O4/c1-2-3-4-5-10-19-17(22)13-6-8-15(9-7-13)20-12-14(18(23)24)11-16(20)21/h6-9,14H,2-5,10-12H2,1H3,(H,19,22)(H,23,24). The maximum absolute atomic E-state index is 12.0. The molecule has 1 atom stereocenters. The topological polar surface area (TPSA) is 86.7 Å². The van der Waals surface area contributed by atoms with Crippen molar-refractivity contribution in [2.45, 2.75) is 39.0 Å². The number of carboxylic acid groups (broad SMARTS) is 1. The van der Waals surface area contributed by atoms with E-state index in [4.69, 9.17) is 5.11 Å². The normalized spacial score (nSPS) is 17.1. The first-order valence-corrected chi connectivity index (χ1v) is 8.44. The van der Waals surface area contributed by atoms with Gasteiger partial charge in [0.2, 0.25) is 5.91 Å². The van der Waals surface area contributed by atoms with Gasteiger partial charge in [0.05, 0.1) is 5.92 Å². The van der Waals surface area contributed by atoms with E-state index < -0.39 is 11.9 Å². The second-order valence-electron chi connectivity index (χ2n) is 6.11. The quantitative estimate of drug-likeness (QED) is 0.716. The van der Waals surface area contributed by atoms with Crippen LogP contribution >= 0.6 is 0 Å². The molecule has 24 heavy (non-hydrogen) atoms. The number of nitrogens with one attached hydrogen (secondary N) is 1. The Hall–Kier alpha value is -2.37. The number of benzene rings is 1. The number of carboxylic acids is 1. The average molecular weight is 332 g/mol. The number of carbonyl (C=O) groups is 3. The summed E-state index contributed by atoms with van der Waals surface area (Å²) in [6, 6.07) is 6.71. The lowest BCUT2D eigenvalue weighted by atomic mass is 10.1. The molecule has 2 rings (SSSR count). The number of anilines is 1. The van der Waals surface area contributed by atoms with E-state index in [9.17, 15) is 14.4 Å². The summed E-state index contributed by atoms with van der Waals surface area (Å²) >= 11 is 0. The first-order chi connectivity index (χ1) is 11.5. The summed E-state index contributed by atoms with van der Waals surface area (Å²) in [6.07, 6.45) is 4.43. The number of aliphatic carboxylic acids is 1. The highest BCUT2D eigenvalue weighted by Gasteiger charge is 2.34. The molecular weight excluding hydrogens is 308 g/mol. The molecule has 0 aliphatic carbocycles. The molecule has 1 saturated heterocycles. The fourth-order valence-electron chi connectivity index (χ4n) is 2.77. The molecule has 0 spiro atoms. The molecule has 1 heterocycles. The van der Waals surface area contributed by atoms with Crippen LogP contribution in [0.25, 0.3) is 0 Å². The van der Waals surface area contributed by atoms with Gasteiger partial charge in [-0.15, -0.1) is 0 Å². The third-order valence-electron chi connectivity index (χ3n) is 4.23. The monoisotopic (exact) mass is 332 g/mol. The van der Waals surface area contributed by atoms with Crippen molar-refractivity contribution >= 4 is 23.5 Å². The summed E-state index contributed by atoms with van der Waals surface area (Å²) in [4.78, 5) is 36.4. The molecule has 0 radical (unpaired) electrons. The first kappa shape index (κ1) is 18.0. The summed E-state index contributed by atoms with van der Waals surface area (Å²) in [5, 5.41) is 11.9. The lowest BCUT2D eigenvalue weighted by Gasteiger charge is -2.16. The van der Waals surface area contributed by atoms with Crippen LogP contribution in [0.3, 0.4) is 0 Å². The summed E-state index contributed by atoms with van der Waals surface area (Å²) < 4.78 is 0. The number of unbranched alkanes of at least 4 members (excludes halogenated alkanes) is 3. The van der Waals surface area contributed by atoms with E-state index in [2.05, 4.69) is 12.2 Å². The van der Waals surface area contributed by atoms with E-state index >= 15 is 0 Å². The Balaban J connectivity index is 1.90. The molecule has 1 aliphatic heterocycles. The van der Waals surface area contributed by atoms with Crippen molar-refractivity contribution in [1.29, 1.82) is 0 Å². The Labute approximate surface area is 141 Å². The minimum atomic E-state index is -0.954. The minimum Gasteiger partial charge on any atom is -0.481 e. The smallest absolute Gasteiger partial charge is 0.308 e. The van der Waals surface area contributed by atoms with E-state index in [-0.39, 0.29) is 24.8 Å². The summed E-state index contributed by atoms with van der Waals surface area (Å²) in [7, 11) is 0. The molecule has 2 amide bonds. The second kappa shape index (κ2) is 8.47. The van der Waals surface area contributed by atoms with Crippen LogP contribution in [-0.4, -0.2) is 36.0 Å². The van der Waals surface area contributed by atoms with Gasteiger partial charge in [-0.1, -0.05) is 26.2 Å². The van der Waals surface area contributed by atoms with Gasteiger partial charge in [0.25, 0.3) is 5.91 Å². The molecular formula is C18H24N2O4. The van der Waals surface area contributed by atoms with E-state index in [0.717, 1.165) is 19.3 Å². The highest BCUT2D eigenvalue weighted by atomic mass is 16.4. The van der Waals surface area contributed by atoms with Crippen LogP contribution in [-0.2, 0) is 9.59 Å². The van der Waals surface area contributed by atoms with E-state index in [1.54, 1.807) is 24.3 Å². The van der Waals surface area contributed by atoms with Crippen molar-refractivity contribution in [3.8, 4) is 0 Å². The number of hydrogen-bond donors (Lipinski definition) is 2. The van der Waals surface area contributed by atoms with E-state index in [1.807, 2.05) is 0 Å². The van der Waals surface area contributed by atoms with E-state index in [0.29, 0.717) is 17.8 Å². The van der Waals surface area contributed by atoms with Crippen LogP contribution in [0.5, 0.6) is 0 Å². The first-order valence-electron chi connectivity index (χ1n) is 8.44. The lowest BCUT2D eigenvalue weighted by Crippen LogP contribution is -2.26. The Morgan fingerprint density at radius 3 is 2.50 bits per heavy atom. The zero-order valence-electron chi connectivity index (χ0n) is 14.0. The van der Waals surface area contributed by atoms with Gasteiger partial charge in [-0.25, -0.2) is 0 Å². The highest BCUT2D eigenvalue weighted by molar-refractivity contribution is 6.00. The van der Waals surface area contributed by atoms with Crippen molar-refractivity contribution < 1.29 is 19.5 Å². The van der Waals surface area contributed by atoms with Crippen molar-refractivity contribution in [3.05, 3.63) is 29.8 Å². The summed E-state index contributed by atoms with van der Waals surface area (Å²) in [5.74, 6) is -1.95. The highest BCUT2D eigenvalue weighted by Crippen LogP contribution is 2.25. The SMILES string of the molecule is CCCCCCNC(=O)c1ccc(N2CC(C(=O)O)CC2=O)cc1. The van der Waals surface area contributed by atoms with Crippen molar-refractivity contribution in [3.63, 3.8) is 0 Å². The summed E-state index contributed by atoms with van der Waals surface area (Å²) in [5.41, 5.74) is 1.17. The Bertz CT molecular complexity index is 598. The van der Waals surface area contributed by atoms with Crippen LogP contribution in [0, 0.1) is 5.92 Å². The number of nitrogens with zero attached hydrogens (tertiary/aromatic N) is 1. The second-order valence-corrected chi connectivity index (χ2v) is 6.11. The Morgan fingerprint density at radius 2 is 1.92 bits per heavy atom. The molecule has 1 unspecified atom stereocenters. The molecule has 1 aromatic rings. The fourth-order valence-corrected chi connectivity index (χ4v) is 2.77. The zero-order chi connectivity index (χ0) is 17.5. The molecule has 6 nitrogen and oxygen atoms in total. The molecule has 1 fully saturated rings. The van der Waals surface area contributed by atoms with Crippen LogP contribution in [0.4, 0.5) is 5.69 Å². The molecule has 2 N–H and O–H groups in total. The van der Waals surface area contributed by atoms with Crippen LogP contribution in [0.15, 0.2) is 24.3 Å². The van der Waals surface area contributed by atoms with Crippen molar-refractivity contribution in [2.75, 3.05) is 18.0 Å². The lowest BCUT2D eigenvalue weighted by molar-refractivity contribution is -0.141. The van der Waals surface area contributed by atoms with Crippen LogP contribution in [0.2, 0.25) is 0 Å². The maximum atomic E-state index is 12.0. The van der Waals surface area contributed by atoms with Crippen molar-refractivity contribution in [2.24, 2.45) is 5.92 Å². The van der Waals surface area contributed by atoms with Gasteiger partial charge >= 0.3 is 5.97 Å². The number of hydrogen-bond acceptors (Lipinski definition) is 3. The zero-order valence-corrected chi connectivity index (χ0v) is 14.0. The number of amides is 2. The van der Waals surface area contributed by atoms with Gasteiger partial charge < -0.3 is 15.3 Å². The largest absolute Gasteiger partial charge is 0.481 e. The fraction of sp³-hybridized carbons (Fsp3) is 0.500.